The summed E-state index contributed by atoms with van der Waals surface area (Å²) in [7, 11) is 1.47. The van der Waals surface area contributed by atoms with Crippen LogP contribution in [0.5, 0.6) is 5.75 Å². The fraction of sp³-hybridized carbons (Fsp3) is 0.304. The van der Waals surface area contributed by atoms with E-state index in [-0.39, 0.29) is 17.1 Å². The Kier molecular flexibility index (Phi) is 7.07. The molecule has 200 valence electrons. The molecule has 38 heavy (non-hydrogen) atoms. The van der Waals surface area contributed by atoms with Gasteiger partial charge in [0.1, 0.15) is 48.2 Å². The fourth-order valence-corrected chi connectivity index (χ4v) is 4.58. The van der Waals surface area contributed by atoms with E-state index in [2.05, 4.69) is 20.5 Å². The second kappa shape index (κ2) is 10.3. The van der Waals surface area contributed by atoms with Gasteiger partial charge in [0.15, 0.2) is 23.3 Å². The molecule has 1 aliphatic rings. The maximum atomic E-state index is 13.7. The zero-order valence-electron chi connectivity index (χ0n) is 19.5. The second-order valence-corrected chi connectivity index (χ2v) is 8.87. The minimum Gasteiger partial charge on any atom is -0.495 e. The highest BCUT2D eigenvalue weighted by Gasteiger charge is 2.48. The number of benzene rings is 2. The van der Waals surface area contributed by atoms with Gasteiger partial charge in [-0.25, -0.2) is 17.9 Å². The lowest BCUT2D eigenvalue weighted by molar-refractivity contribution is -0.210. The molecule has 3 N–H and O–H groups in total. The number of rotatable bonds is 6. The number of methoxy groups -OCH3 is 1. The minimum absolute atomic E-state index is 0.0539. The molecule has 0 spiro atoms. The van der Waals surface area contributed by atoms with Crippen molar-refractivity contribution in [3.05, 3.63) is 71.2 Å². The summed E-state index contributed by atoms with van der Waals surface area (Å²) >= 11 is 6.25. The van der Waals surface area contributed by atoms with E-state index in [1.54, 1.807) is 18.2 Å². The van der Waals surface area contributed by atoms with Gasteiger partial charge in [-0.05, 0) is 30.3 Å². The van der Waals surface area contributed by atoms with Crippen LogP contribution in [0.25, 0.3) is 16.9 Å². The molecule has 2 aromatic heterocycles. The maximum absolute atomic E-state index is 13.7. The van der Waals surface area contributed by atoms with Gasteiger partial charge in [-0.2, -0.15) is 0 Å². The third-order valence-corrected chi connectivity index (χ3v) is 6.53. The maximum Gasteiger partial charge on any atom is 0.194 e. The molecule has 0 unspecified atom stereocenters. The van der Waals surface area contributed by atoms with Crippen LogP contribution in [0.4, 0.5) is 13.2 Å². The monoisotopic (exact) mass is 552 g/mol. The summed E-state index contributed by atoms with van der Waals surface area (Å²) in [5.74, 6) is -3.91. The SMILES string of the molecule is COc1ccc(-n2cnnc2[C@@H]2O[C@H](CO)[C@H](O)[C@H](n3cc(-c4cc(F)c(F)c(F)c4)nn3)[C@H]2O)cc1Cl. The number of aliphatic hydroxyl groups is 3. The average molecular weight is 553 g/mol. The molecular formula is C23H20ClF3N6O5. The van der Waals surface area contributed by atoms with E-state index in [0.29, 0.717) is 16.5 Å². The Hall–Kier alpha value is -3.56. The Morgan fingerprint density at radius 2 is 1.82 bits per heavy atom. The van der Waals surface area contributed by atoms with Gasteiger partial charge in [0, 0.05) is 5.56 Å². The van der Waals surface area contributed by atoms with Crippen molar-refractivity contribution in [3.8, 4) is 22.7 Å². The zero-order valence-corrected chi connectivity index (χ0v) is 20.2. The number of halogens is 4. The molecule has 0 amide bonds. The number of aliphatic hydroxyl groups excluding tert-OH is 3. The lowest BCUT2D eigenvalue weighted by Crippen LogP contribution is -2.53. The number of aromatic nitrogens is 6. The van der Waals surface area contributed by atoms with Gasteiger partial charge in [0.25, 0.3) is 0 Å². The Bertz CT molecular complexity index is 1450. The summed E-state index contributed by atoms with van der Waals surface area (Å²) in [6, 6.07) is 5.13. The largest absolute Gasteiger partial charge is 0.495 e. The third-order valence-electron chi connectivity index (χ3n) is 6.23. The molecule has 1 aliphatic heterocycles. The lowest BCUT2D eigenvalue weighted by atomic mass is 9.92. The third kappa shape index (κ3) is 4.50. The van der Waals surface area contributed by atoms with Crippen LogP contribution in [0.1, 0.15) is 18.0 Å². The van der Waals surface area contributed by atoms with Gasteiger partial charge in [0.05, 0.1) is 30.6 Å². The average Bonchev–Trinajstić information content (AvgIpc) is 3.58. The van der Waals surface area contributed by atoms with E-state index < -0.39 is 54.5 Å². The number of nitrogens with zero attached hydrogens (tertiary/aromatic N) is 6. The smallest absolute Gasteiger partial charge is 0.194 e. The first-order valence-electron chi connectivity index (χ1n) is 11.2. The van der Waals surface area contributed by atoms with Crippen molar-refractivity contribution in [3.63, 3.8) is 0 Å². The van der Waals surface area contributed by atoms with Crippen molar-refractivity contribution in [2.75, 3.05) is 13.7 Å². The van der Waals surface area contributed by atoms with Crippen LogP contribution in [-0.4, -0.2) is 77.1 Å². The molecule has 0 bridgehead atoms. The second-order valence-electron chi connectivity index (χ2n) is 8.47. The van der Waals surface area contributed by atoms with Crippen molar-refractivity contribution in [1.82, 2.24) is 29.8 Å². The molecule has 1 fully saturated rings. The Morgan fingerprint density at radius 1 is 1.08 bits per heavy atom. The summed E-state index contributed by atoms with van der Waals surface area (Å²) in [4.78, 5) is 0. The number of hydrogen-bond donors (Lipinski definition) is 3. The van der Waals surface area contributed by atoms with E-state index in [0.717, 1.165) is 16.8 Å². The van der Waals surface area contributed by atoms with Gasteiger partial charge in [-0.3, -0.25) is 4.57 Å². The quantitative estimate of drug-likeness (QED) is 0.306. The molecule has 4 aromatic rings. The van der Waals surface area contributed by atoms with Gasteiger partial charge >= 0.3 is 0 Å². The first-order chi connectivity index (χ1) is 18.2. The van der Waals surface area contributed by atoms with Gasteiger partial charge in [-0.1, -0.05) is 16.8 Å². The topological polar surface area (TPSA) is 141 Å². The predicted octanol–water partition coefficient (Wildman–Crippen LogP) is 2.00. The summed E-state index contributed by atoms with van der Waals surface area (Å²) in [5, 5.41) is 48.1. The highest BCUT2D eigenvalue weighted by Crippen LogP contribution is 2.39. The highest BCUT2D eigenvalue weighted by atomic mass is 35.5. The Morgan fingerprint density at radius 3 is 2.47 bits per heavy atom. The van der Waals surface area contributed by atoms with Gasteiger partial charge in [-0.15, -0.1) is 15.3 Å². The lowest BCUT2D eigenvalue weighted by Gasteiger charge is -2.41. The Labute approximate surface area is 217 Å². The summed E-state index contributed by atoms with van der Waals surface area (Å²) < 4.78 is 54.4. The molecule has 3 heterocycles. The van der Waals surface area contributed by atoms with Crippen LogP contribution in [-0.2, 0) is 4.74 Å². The summed E-state index contributed by atoms with van der Waals surface area (Å²) in [6.07, 6.45) is -2.82. The van der Waals surface area contributed by atoms with Crippen molar-refractivity contribution in [2.24, 2.45) is 0 Å². The van der Waals surface area contributed by atoms with Crippen molar-refractivity contribution >= 4 is 11.6 Å². The van der Waals surface area contributed by atoms with Crippen LogP contribution in [0.3, 0.4) is 0 Å². The van der Waals surface area contributed by atoms with Gasteiger partial charge < -0.3 is 24.8 Å². The van der Waals surface area contributed by atoms with Crippen molar-refractivity contribution in [1.29, 1.82) is 0 Å². The number of ether oxygens (including phenoxy) is 2. The van der Waals surface area contributed by atoms with Crippen molar-refractivity contribution < 1.29 is 38.0 Å². The first-order valence-corrected chi connectivity index (χ1v) is 11.5. The molecule has 0 saturated carbocycles. The number of hydrogen-bond acceptors (Lipinski definition) is 9. The van der Waals surface area contributed by atoms with E-state index in [1.807, 2.05) is 0 Å². The fourth-order valence-electron chi connectivity index (χ4n) is 4.33. The molecule has 5 rings (SSSR count). The zero-order chi connectivity index (χ0) is 27.1. The van der Waals surface area contributed by atoms with Gasteiger partial charge in [0.2, 0.25) is 0 Å². The molecular weight excluding hydrogens is 533 g/mol. The van der Waals surface area contributed by atoms with Crippen LogP contribution in [0.15, 0.2) is 42.9 Å². The summed E-state index contributed by atoms with van der Waals surface area (Å²) in [6.45, 7) is -0.626. The van der Waals surface area contributed by atoms with Crippen LogP contribution >= 0.6 is 11.6 Å². The van der Waals surface area contributed by atoms with Crippen molar-refractivity contribution in [2.45, 2.75) is 30.5 Å². The first kappa shape index (κ1) is 26.1. The standard InChI is InChI=1S/C23H20ClF3N6O5/c1-37-16-3-2-11(6-12(16)24)32-9-28-30-23(32)22-21(36)19(20(35)17(8-34)38-22)33-7-15(29-31-33)10-4-13(25)18(27)14(26)5-10/h2-7,9,17,19-22,34-36H,8H2,1H3/t17-,19+,20+,21-,22-/m1/s1. The molecule has 11 nitrogen and oxygen atoms in total. The molecule has 5 atom stereocenters. The van der Waals surface area contributed by atoms with Crippen LogP contribution < -0.4 is 4.74 Å². The molecule has 0 aliphatic carbocycles. The molecule has 0 radical (unpaired) electrons. The van der Waals surface area contributed by atoms with E-state index in [1.165, 1.54) is 24.2 Å². The Balaban J connectivity index is 1.51. The van der Waals surface area contributed by atoms with Crippen LogP contribution in [0.2, 0.25) is 5.02 Å². The molecule has 1 saturated heterocycles. The summed E-state index contributed by atoms with van der Waals surface area (Å²) in [5.41, 5.74) is 0.343. The predicted molar refractivity (Wildman–Crippen MR) is 124 cm³/mol. The van der Waals surface area contributed by atoms with Crippen LogP contribution in [0, 0.1) is 17.5 Å². The highest BCUT2D eigenvalue weighted by molar-refractivity contribution is 6.32. The normalized spacial score (nSPS) is 23.5. The molecule has 2 aromatic carbocycles. The van der Waals surface area contributed by atoms with E-state index >= 15 is 0 Å². The minimum atomic E-state index is -1.63. The van der Waals surface area contributed by atoms with E-state index in [9.17, 15) is 28.5 Å². The molecule has 15 heteroatoms. The van der Waals surface area contributed by atoms with E-state index in [4.69, 9.17) is 21.1 Å².